The molecule has 5 heteroatoms. The van der Waals surface area contributed by atoms with Crippen LogP contribution in [0.1, 0.15) is 25.3 Å². The first-order valence-corrected chi connectivity index (χ1v) is 9.41. The Morgan fingerprint density at radius 2 is 1.81 bits per heavy atom. The third-order valence-corrected chi connectivity index (χ3v) is 4.85. The highest BCUT2D eigenvalue weighted by Gasteiger charge is 2.31. The Morgan fingerprint density at radius 1 is 1.11 bits per heavy atom. The van der Waals surface area contributed by atoms with Crippen molar-refractivity contribution >= 4 is 17.5 Å². The second-order valence-corrected chi connectivity index (χ2v) is 6.87. The second-order valence-electron chi connectivity index (χ2n) is 6.87. The van der Waals surface area contributed by atoms with Gasteiger partial charge in [-0.3, -0.25) is 9.59 Å². The number of benzene rings is 2. The molecule has 0 bridgehead atoms. The molecule has 0 aliphatic carbocycles. The summed E-state index contributed by atoms with van der Waals surface area (Å²) in [6.07, 6.45) is 1.64. The molecule has 0 radical (unpaired) electrons. The molecule has 0 fully saturated rings. The number of nitrogens with zero attached hydrogens (tertiary/aromatic N) is 2. The molecule has 1 aliphatic heterocycles. The molecule has 5 nitrogen and oxygen atoms in total. The summed E-state index contributed by atoms with van der Waals surface area (Å²) in [4.78, 5) is 28.4. The van der Waals surface area contributed by atoms with Gasteiger partial charge in [0.05, 0.1) is 5.69 Å². The highest BCUT2D eigenvalue weighted by molar-refractivity contribution is 6.00. The van der Waals surface area contributed by atoms with Crippen LogP contribution in [0.3, 0.4) is 0 Å². The molecular weight excluding hydrogens is 340 g/mol. The van der Waals surface area contributed by atoms with E-state index in [0.717, 1.165) is 18.5 Å². The van der Waals surface area contributed by atoms with Crippen molar-refractivity contribution in [3.05, 3.63) is 60.2 Å². The Bertz CT molecular complexity index is 791. The summed E-state index contributed by atoms with van der Waals surface area (Å²) < 4.78 is 5.64. The summed E-state index contributed by atoms with van der Waals surface area (Å²) >= 11 is 0. The molecule has 0 saturated heterocycles. The Hall–Kier alpha value is -2.82. The summed E-state index contributed by atoms with van der Waals surface area (Å²) in [5, 5.41) is 0. The standard InChI is InChI=1S/C22H26N2O3/c1-17-22(26)24(19-12-6-7-13-20(19)27-17)16-14-21(25)23(2)15-8-11-18-9-4-3-5-10-18/h3-7,9-10,12-13,17H,8,11,14-16H2,1-2H3. The maximum atomic E-state index is 12.5. The Kier molecular flexibility index (Phi) is 6.12. The number of hydrogen-bond donors (Lipinski definition) is 0. The van der Waals surface area contributed by atoms with E-state index in [9.17, 15) is 9.59 Å². The van der Waals surface area contributed by atoms with E-state index in [1.165, 1.54) is 5.56 Å². The fourth-order valence-electron chi connectivity index (χ4n) is 3.28. The summed E-state index contributed by atoms with van der Waals surface area (Å²) in [5.41, 5.74) is 2.02. The number of aryl methyl sites for hydroxylation is 1. The fraction of sp³-hybridized carbons (Fsp3) is 0.364. The normalized spacial score (nSPS) is 15.9. The number of hydrogen-bond acceptors (Lipinski definition) is 3. The van der Waals surface area contributed by atoms with Crippen molar-refractivity contribution in [2.45, 2.75) is 32.3 Å². The van der Waals surface area contributed by atoms with Crippen LogP contribution in [-0.4, -0.2) is 43.0 Å². The van der Waals surface area contributed by atoms with Crippen molar-refractivity contribution < 1.29 is 14.3 Å². The van der Waals surface area contributed by atoms with Gasteiger partial charge in [-0.15, -0.1) is 0 Å². The lowest BCUT2D eigenvalue weighted by molar-refractivity contribution is -0.130. The smallest absolute Gasteiger partial charge is 0.267 e. The molecule has 3 rings (SSSR count). The van der Waals surface area contributed by atoms with Crippen molar-refractivity contribution in [1.82, 2.24) is 4.90 Å². The largest absolute Gasteiger partial charge is 0.479 e. The fourth-order valence-corrected chi connectivity index (χ4v) is 3.28. The molecule has 0 N–H and O–H groups in total. The van der Waals surface area contributed by atoms with Gasteiger partial charge >= 0.3 is 0 Å². The molecule has 1 unspecified atom stereocenters. The molecule has 2 amide bonds. The van der Waals surface area contributed by atoms with Gasteiger partial charge in [-0.05, 0) is 37.5 Å². The van der Waals surface area contributed by atoms with Crippen molar-refractivity contribution in [2.75, 3.05) is 25.0 Å². The van der Waals surface area contributed by atoms with Gasteiger partial charge in [0.25, 0.3) is 5.91 Å². The van der Waals surface area contributed by atoms with E-state index in [1.54, 1.807) is 16.7 Å². The SMILES string of the molecule is CC1Oc2ccccc2N(CCC(=O)N(C)CCCc2ccccc2)C1=O. The molecule has 142 valence electrons. The Morgan fingerprint density at radius 3 is 2.59 bits per heavy atom. The van der Waals surface area contributed by atoms with Crippen LogP contribution in [0.15, 0.2) is 54.6 Å². The third-order valence-electron chi connectivity index (χ3n) is 4.85. The van der Waals surface area contributed by atoms with Crippen molar-refractivity contribution in [3.8, 4) is 5.75 Å². The predicted octanol–water partition coefficient (Wildman–Crippen LogP) is 3.28. The average Bonchev–Trinajstić information content (AvgIpc) is 2.69. The summed E-state index contributed by atoms with van der Waals surface area (Å²) in [7, 11) is 1.82. The average molecular weight is 366 g/mol. The summed E-state index contributed by atoms with van der Waals surface area (Å²) in [6, 6.07) is 17.7. The van der Waals surface area contributed by atoms with E-state index in [0.29, 0.717) is 25.3 Å². The lowest BCUT2D eigenvalue weighted by Gasteiger charge is -2.33. The molecule has 0 spiro atoms. The van der Waals surface area contributed by atoms with Gasteiger partial charge in [-0.1, -0.05) is 42.5 Å². The number of carbonyl (C=O) groups is 2. The zero-order chi connectivity index (χ0) is 19.2. The first kappa shape index (κ1) is 19.0. The first-order valence-electron chi connectivity index (χ1n) is 9.41. The lowest BCUT2D eigenvalue weighted by atomic mass is 10.1. The monoisotopic (exact) mass is 366 g/mol. The molecule has 1 atom stereocenters. The van der Waals surface area contributed by atoms with Gasteiger partial charge in [0.2, 0.25) is 5.91 Å². The summed E-state index contributed by atoms with van der Waals surface area (Å²) in [6.45, 7) is 2.81. The molecule has 1 aliphatic rings. The first-order chi connectivity index (χ1) is 13.1. The van der Waals surface area contributed by atoms with Crippen LogP contribution in [0, 0.1) is 0 Å². The van der Waals surface area contributed by atoms with Crippen molar-refractivity contribution in [2.24, 2.45) is 0 Å². The third kappa shape index (κ3) is 4.67. The van der Waals surface area contributed by atoms with E-state index in [-0.39, 0.29) is 11.8 Å². The number of rotatable bonds is 7. The molecule has 0 saturated carbocycles. The minimum atomic E-state index is -0.529. The lowest BCUT2D eigenvalue weighted by Crippen LogP contribution is -2.46. The van der Waals surface area contributed by atoms with Gasteiger partial charge in [0, 0.05) is 26.6 Å². The van der Waals surface area contributed by atoms with Crippen LogP contribution in [0.4, 0.5) is 5.69 Å². The quantitative estimate of drug-likeness (QED) is 0.756. The summed E-state index contributed by atoms with van der Waals surface area (Å²) in [5.74, 6) is 0.633. The maximum Gasteiger partial charge on any atom is 0.267 e. The van der Waals surface area contributed by atoms with Crippen LogP contribution >= 0.6 is 0 Å². The topological polar surface area (TPSA) is 49.9 Å². The highest BCUT2D eigenvalue weighted by atomic mass is 16.5. The number of amides is 2. The van der Waals surface area contributed by atoms with Crippen LogP contribution in [0.5, 0.6) is 5.75 Å². The number of anilines is 1. The van der Waals surface area contributed by atoms with E-state index in [4.69, 9.17) is 4.74 Å². The van der Waals surface area contributed by atoms with Crippen molar-refractivity contribution in [1.29, 1.82) is 0 Å². The molecule has 27 heavy (non-hydrogen) atoms. The Balaban J connectivity index is 1.51. The van der Waals surface area contributed by atoms with Gasteiger partial charge < -0.3 is 14.5 Å². The van der Waals surface area contributed by atoms with E-state index < -0.39 is 6.10 Å². The number of fused-ring (bicyclic) bond motifs is 1. The van der Waals surface area contributed by atoms with Gasteiger partial charge in [-0.2, -0.15) is 0 Å². The van der Waals surface area contributed by atoms with Gasteiger partial charge in [0.15, 0.2) is 6.10 Å². The number of carbonyl (C=O) groups excluding carboxylic acids is 2. The van der Waals surface area contributed by atoms with E-state index >= 15 is 0 Å². The maximum absolute atomic E-state index is 12.5. The van der Waals surface area contributed by atoms with Gasteiger partial charge in [-0.25, -0.2) is 0 Å². The van der Waals surface area contributed by atoms with Crippen LogP contribution in [0.25, 0.3) is 0 Å². The highest BCUT2D eigenvalue weighted by Crippen LogP contribution is 2.33. The predicted molar refractivity (Wildman–Crippen MR) is 106 cm³/mol. The molecule has 1 heterocycles. The molecule has 0 aromatic heterocycles. The Labute approximate surface area is 160 Å². The number of ether oxygens (including phenoxy) is 1. The van der Waals surface area contributed by atoms with Gasteiger partial charge in [0.1, 0.15) is 5.75 Å². The minimum absolute atomic E-state index is 0.0486. The zero-order valence-corrected chi connectivity index (χ0v) is 15.9. The zero-order valence-electron chi connectivity index (χ0n) is 15.9. The van der Waals surface area contributed by atoms with E-state index in [1.807, 2.05) is 49.5 Å². The number of para-hydroxylation sites is 2. The van der Waals surface area contributed by atoms with Crippen LogP contribution < -0.4 is 9.64 Å². The molecule has 2 aromatic rings. The van der Waals surface area contributed by atoms with Crippen LogP contribution in [0.2, 0.25) is 0 Å². The second kappa shape index (κ2) is 8.71. The minimum Gasteiger partial charge on any atom is -0.479 e. The van der Waals surface area contributed by atoms with Crippen molar-refractivity contribution in [3.63, 3.8) is 0 Å². The molecular formula is C22H26N2O3. The molecule has 2 aromatic carbocycles. The van der Waals surface area contributed by atoms with E-state index in [2.05, 4.69) is 12.1 Å². The van der Waals surface area contributed by atoms with Crippen LogP contribution in [-0.2, 0) is 16.0 Å².